The predicted octanol–water partition coefficient (Wildman–Crippen LogP) is 2.95. The zero-order valence-corrected chi connectivity index (χ0v) is 16.7. The van der Waals surface area contributed by atoms with Gasteiger partial charge in [-0.1, -0.05) is 30.3 Å². The minimum absolute atomic E-state index is 0.00756. The van der Waals surface area contributed by atoms with Crippen molar-refractivity contribution in [1.29, 1.82) is 0 Å². The number of carbonyl (C=O) groups excluding carboxylic acids is 1. The second kappa shape index (κ2) is 7.54. The van der Waals surface area contributed by atoms with Crippen LogP contribution < -0.4 is 16.4 Å². The highest BCUT2D eigenvalue weighted by molar-refractivity contribution is 5.92. The second-order valence-electron chi connectivity index (χ2n) is 8.15. The summed E-state index contributed by atoms with van der Waals surface area (Å²) in [7, 11) is 0. The number of amides is 1. The van der Waals surface area contributed by atoms with E-state index in [9.17, 15) is 4.79 Å². The van der Waals surface area contributed by atoms with Gasteiger partial charge < -0.3 is 16.4 Å². The van der Waals surface area contributed by atoms with E-state index in [0.29, 0.717) is 11.4 Å². The Labute approximate surface area is 175 Å². The highest BCUT2D eigenvalue weighted by Crippen LogP contribution is 2.58. The third kappa shape index (κ3) is 3.04. The minimum atomic E-state index is -0.192. The number of rotatable bonds is 3. The molecule has 1 aliphatic carbocycles. The Morgan fingerprint density at radius 2 is 1.83 bits per heavy atom. The minimum Gasteiger partial charge on any atom is -0.399 e. The predicted molar refractivity (Wildman–Crippen MR) is 116 cm³/mol. The third-order valence-corrected chi connectivity index (χ3v) is 6.56. The Kier molecular flexibility index (Phi) is 4.71. The van der Waals surface area contributed by atoms with Crippen LogP contribution >= 0.6 is 0 Å². The van der Waals surface area contributed by atoms with Gasteiger partial charge in [-0.25, -0.2) is 0 Å². The van der Waals surface area contributed by atoms with E-state index in [4.69, 9.17) is 10.7 Å². The van der Waals surface area contributed by atoms with Crippen molar-refractivity contribution in [2.24, 2.45) is 0 Å². The SMILES string of the molecule is Nc1ccnc([C@H]2[C@H](NC(=O)c3ccccn3)c3ccccc3C23CCNCC3)c1. The quantitative estimate of drug-likeness (QED) is 0.630. The monoisotopic (exact) mass is 399 g/mol. The van der Waals surface area contributed by atoms with Crippen LogP contribution in [0.25, 0.3) is 0 Å². The molecule has 2 atom stereocenters. The van der Waals surface area contributed by atoms with Crippen molar-refractivity contribution in [2.75, 3.05) is 18.8 Å². The van der Waals surface area contributed by atoms with Crippen molar-refractivity contribution in [3.8, 4) is 0 Å². The van der Waals surface area contributed by atoms with Crippen LogP contribution in [0.1, 0.15) is 52.1 Å². The molecular formula is C24H25N5O. The first-order valence-corrected chi connectivity index (χ1v) is 10.4. The molecule has 1 amide bonds. The molecule has 0 radical (unpaired) electrons. The summed E-state index contributed by atoms with van der Waals surface area (Å²) in [5.74, 6) is -0.163. The molecule has 0 bridgehead atoms. The Morgan fingerprint density at radius 1 is 1.03 bits per heavy atom. The first kappa shape index (κ1) is 18.8. The summed E-state index contributed by atoms with van der Waals surface area (Å²) in [6.45, 7) is 1.88. The van der Waals surface area contributed by atoms with Crippen molar-refractivity contribution in [1.82, 2.24) is 20.6 Å². The number of benzene rings is 1. The number of hydrogen-bond acceptors (Lipinski definition) is 5. The number of anilines is 1. The molecule has 1 aliphatic heterocycles. The van der Waals surface area contributed by atoms with E-state index in [1.165, 1.54) is 5.56 Å². The lowest BCUT2D eigenvalue weighted by Crippen LogP contribution is -2.44. The summed E-state index contributed by atoms with van der Waals surface area (Å²) >= 11 is 0. The van der Waals surface area contributed by atoms with E-state index in [1.807, 2.05) is 30.3 Å². The van der Waals surface area contributed by atoms with Gasteiger partial charge in [-0.2, -0.15) is 0 Å². The Morgan fingerprint density at radius 3 is 2.60 bits per heavy atom. The molecule has 3 aromatic rings. The molecule has 6 nitrogen and oxygen atoms in total. The zero-order chi connectivity index (χ0) is 20.6. The number of pyridine rings is 2. The van der Waals surface area contributed by atoms with Gasteiger partial charge in [0.05, 0.1) is 6.04 Å². The normalized spacial score (nSPS) is 21.9. The van der Waals surface area contributed by atoms with Gasteiger partial charge in [-0.15, -0.1) is 0 Å². The number of fused-ring (bicyclic) bond motifs is 2. The maximum atomic E-state index is 13.1. The third-order valence-electron chi connectivity index (χ3n) is 6.56. The fourth-order valence-electron chi connectivity index (χ4n) is 5.30. The number of carbonyl (C=O) groups is 1. The summed E-state index contributed by atoms with van der Waals surface area (Å²) in [5.41, 5.74) is 10.6. The molecule has 152 valence electrons. The molecule has 30 heavy (non-hydrogen) atoms. The van der Waals surface area contributed by atoms with Crippen molar-refractivity contribution in [3.05, 3.63) is 89.5 Å². The number of piperidine rings is 1. The van der Waals surface area contributed by atoms with Crippen LogP contribution in [0.15, 0.2) is 67.0 Å². The van der Waals surface area contributed by atoms with Crippen LogP contribution in [-0.2, 0) is 5.41 Å². The molecule has 1 saturated heterocycles. The number of nitrogens with two attached hydrogens (primary N) is 1. The Bertz CT molecular complexity index is 1060. The second-order valence-corrected chi connectivity index (χ2v) is 8.15. The standard InChI is InChI=1S/C24H25N5O/c25-16-8-12-28-20(15-16)21-22(29-23(30)19-7-3-4-11-27-19)17-5-1-2-6-18(17)24(21)9-13-26-14-10-24/h1-8,11-12,15,21-22,26H,9-10,13-14H2,(H2,25,28)(H,29,30)/t21-,22+/m0/s1. The molecule has 4 N–H and O–H groups in total. The van der Waals surface area contributed by atoms with Gasteiger partial charge in [-0.05, 0) is 61.3 Å². The largest absolute Gasteiger partial charge is 0.399 e. The van der Waals surface area contributed by atoms with E-state index < -0.39 is 0 Å². The van der Waals surface area contributed by atoms with Crippen molar-refractivity contribution < 1.29 is 4.79 Å². The number of hydrogen-bond donors (Lipinski definition) is 3. The summed E-state index contributed by atoms with van der Waals surface area (Å²) in [4.78, 5) is 22.0. The summed E-state index contributed by atoms with van der Waals surface area (Å²) in [5, 5.41) is 6.78. The maximum Gasteiger partial charge on any atom is 0.270 e. The average Bonchev–Trinajstić information content (AvgIpc) is 3.04. The van der Waals surface area contributed by atoms with E-state index in [-0.39, 0.29) is 23.3 Å². The summed E-state index contributed by atoms with van der Waals surface area (Å²) < 4.78 is 0. The Hall–Kier alpha value is -3.25. The van der Waals surface area contributed by atoms with E-state index in [1.54, 1.807) is 18.5 Å². The smallest absolute Gasteiger partial charge is 0.270 e. The van der Waals surface area contributed by atoms with Crippen LogP contribution in [0.3, 0.4) is 0 Å². The highest BCUT2D eigenvalue weighted by Gasteiger charge is 2.53. The fourth-order valence-corrected chi connectivity index (χ4v) is 5.30. The molecule has 1 spiro atoms. The van der Waals surface area contributed by atoms with E-state index >= 15 is 0 Å². The summed E-state index contributed by atoms with van der Waals surface area (Å²) in [6, 6.07) is 17.4. The zero-order valence-electron chi connectivity index (χ0n) is 16.7. The van der Waals surface area contributed by atoms with Gasteiger partial charge in [-0.3, -0.25) is 14.8 Å². The van der Waals surface area contributed by atoms with Gasteiger partial charge in [0.25, 0.3) is 5.91 Å². The molecule has 6 heteroatoms. The molecule has 0 saturated carbocycles. The molecule has 1 aromatic carbocycles. The maximum absolute atomic E-state index is 13.1. The van der Waals surface area contributed by atoms with Crippen LogP contribution in [0, 0.1) is 0 Å². The van der Waals surface area contributed by atoms with Crippen LogP contribution in [0.4, 0.5) is 5.69 Å². The molecule has 0 unspecified atom stereocenters. The van der Waals surface area contributed by atoms with Gasteiger partial charge in [0.1, 0.15) is 5.69 Å². The topological polar surface area (TPSA) is 92.9 Å². The van der Waals surface area contributed by atoms with Crippen molar-refractivity contribution in [2.45, 2.75) is 30.2 Å². The lowest BCUT2D eigenvalue weighted by atomic mass is 9.66. The molecule has 1 fully saturated rings. The van der Waals surface area contributed by atoms with Crippen molar-refractivity contribution in [3.63, 3.8) is 0 Å². The molecule has 2 aliphatic rings. The van der Waals surface area contributed by atoms with Crippen LogP contribution in [0.2, 0.25) is 0 Å². The lowest BCUT2D eigenvalue weighted by Gasteiger charge is -2.41. The van der Waals surface area contributed by atoms with E-state index in [2.05, 4.69) is 33.8 Å². The average molecular weight is 399 g/mol. The first-order valence-electron chi connectivity index (χ1n) is 10.4. The Balaban J connectivity index is 1.63. The fraction of sp³-hybridized carbons (Fsp3) is 0.292. The van der Waals surface area contributed by atoms with Gasteiger partial charge >= 0.3 is 0 Å². The molecule has 3 heterocycles. The number of nitrogen functional groups attached to an aromatic ring is 1. The number of aromatic nitrogens is 2. The highest BCUT2D eigenvalue weighted by atomic mass is 16.1. The van der Waals surface area contributed by atoms with Gasteiger partial charge in [0.2, 0.25) is 0 Å². The van der Waals surface area contributed by atoms with Crippen LogP contribution in [0.5, 0.6) is 0 Å². The number of nitrogens with zero attached hydrogens (tertiary/aromatic N) is 2. The van der Waals surface area contributed by atoms with Crippen LogP contribution in [-0.4, -0.2) is 29.0 Å². The summed E-state index contributed by atoms with van der Waals surface area (Å²) in [6.07, 6.45) is 5.38. The molecular weight excluding hydrogens is 374 g/mol. The van der Waals surface area contributed by atoms with Crippen molar-refractivity contribution >= 4 is 11.6 Å². The lowest BCUT2D eigenvalue weighted by molar-refractivity contribution is 0.0917. The number of nitrogens with one attached hydrogen (secondary N) is 2. The van der Waals surface area contributed by atoms with Gasteiger partial charge in [0.15, 0.2) is 0 Å². The van der Waals surface area contributed by atoms with Gasteiger partial charge in [0, 0.05) is 35.1 Å². The van der Waals surface area contributed by atoms with E-state index in [0.717, 1.165) is 37.2 Å². The molecule has 2 aromatic heterocycles. The molecule has 5 rings (SSSR count). The first-order chi connectivity index (χ1) is 14.7.